The predicted octanol–water partition coefficient (Wildman–Crippen LogP) is 3.79. The van der Waals surface area contributed by atoms with Crippen LogP contribution in [0.3, 0.4) is 0 Å². The molecule has 2 aromatic rings. The Hall–Kier alpha value is -2.22. The van der Waals surface area contributed by atoms with Crippen molar-refractivity contribution >= 4 is 33.1 Å². The Balaban J connectivity index is 1.60. The number of hydrogen-bond acceptors (Lipinski definition) is 6. The van der Waals surface area contributed by atoms with Crippen LogP contribution in [-0.2, 0) is 6.42 Å². The van der Waals surface area contributed by atoms with Crippen LogP contribution < -0.4 is 10.2 Å². The van der Waals surface area contributed by atoms with Crippen molar-refractivity contribution in [2.75, 3.05) is 23.3 Å². The number of benzene rings is 1. The first kappa shape index (κ1) is 17.6. The summed E-state index contributed by atoms with van der Waals surface area (Å²) < 4.78 is 0.715. The number of nitro benzene ring substituents is 1. The van der Waals surface area contributed by atoms with E-state index >= 15 is 0 Å². The van der Waals surface area contributed by atoms with E-state index in [4.69, 9.17) is 0 Å². The van der Waals surface area contributed by atoms with Gasteiger partial charge in [0.2, 0.25) is 0 Å². The number of nitrogens with one attached hydrogen (secondary N) is 1. The van der Waals surface area contributed by atoms with E-state index < -0.39 is 0 Å². The van der Waals surface area contributed by atoms with Gasteiger partial charge >= 0.3 is 0 Å². The quantitative estimate of drug-likeness (QED) is 0.601. The van der Waals surface area contributed by atoms with E-state index in [1.54, 1.807) is 12.4 Å². The molecule has 0 unspecified atom stereocenters. The van der Waals surface area contributed by atoms with E-state index in [1.165, 1.54) is 12.1 Å². The molecule has 0 spiro atoms. The number of piperidine rings is 1. The Bertz CT molecular complexity index is 762. The van der Waals surface area contributed by atoms with E-state index in [1.807, 2.05) is 0 Å². The van der Waals surface area contributed by atoms with Gasteiger partial charge in [-0.3, -0.25) is 10.1 Å². The molecule has 7 nitrogen and oxygen atoms in total. The van der Waals surface area contributed by atoms with Crippen LogP contribution in [0, 0.1) is 10.1 Å². The molecule has 0 aliphatic carbocycles. The molecule has 1 fully saturated rings. The number of rotatable bonds is 5. The smallest absolute Gasteiger partial charge is 0.270 e. The number of anilines is 2. The first-order chi connectivity index (χ1) is 12.1. The van der Waals surface area contributed by atoms with Crippen LogP contribution >= 0.6 is 15.9 Å². The minimum Gasteiger partial charge on any atom is -0.381 e. The van der Waals surface area contributed by atoms with Gasteiger partial charge in [-0.25, -0.2) is 9.97 Å². The lowest BCUT2D eigenvalue weighted by Crippen LogP contribution is -2.39. The van der Waals surface area contributed by atoms with Gasteiger partial charge in [0.1, 0.15) is 12.1 Å². The number of hydrogen-bond donors (Lipinski definition) is 1. The van der Waals surface area contributed by atoms with Crippen molar-refractivity contribution in [1.29, 1.82) is 0 Å². The molecule has 1 aliphatic heterocycles. The van der Waals surface area contributed by atoms with E-state index in [-0.39, 0.29) is 10.6 Å². The van der Waals surface area contributed by atoms with Crippen molar-refractivity contribution in [3.05, 3.63) is 50.9 Å². The van der Waals surface area contributed by atoms with Gasteiger partial charge in [0.15, 0.2) is 0 Å². The van der Waals surface area contributed by atoms with E-state index in [0.717, 1.165) is 49.6 Å². The maximum Gasteiger partial charge on any atom is 0.270 e. The molecular weight excluding hydrogens is 386 g/mol. The third kappa shape index (κ3) is 4.25. The maximum atomic E-state index is 10.8. The number of non-ortho nitro benzene ring substituents is 1. The van der Waals surface area contributed by atoms with Crippen LogP contribution in [0.2, 0.25) is 0 Å². The summed E-state index contributed by atoms with van der Waals surface area (Å²) in [6.07, 6.45) is 4.50. The molecule has 1 aliphatic rings. The highest BCUT2D eigenvalue weighted by Crippen LogP contribution is 2.29. The Labute approximate surface area is 154 Å². The molecule has 1 N–H and O–H groups in total. The molecule has 132 valence electrons. The van der Waals surface area contributed by atoms with Gasteiger partial charge < -0.3 is 10.2 Å². The van der Waals surface area contributed by atoms with Gasteiger partial charge in [-0.2, -0.15) is 0 Å². The highest BCUT2D eigenvalue weighted by molar-refractivity contribution is 9.10. The summed E-state index contributed by atoms with van der Waals surface area (Å²) in [6.45, 7) is 3.93. The fourth-order valence-electron chi connectivity index (χ4n) is 2.96. The maximum absolute atomic E-state index is 10.8. The van der Waals surface area contributed by atoms with Gasteiger partial charge in [0.05, 0.1) is 4.92 Å². The number of nitro groups is 1. The highest BCUT2D eigenvalue weighted by Gasteiger charge is 2.21. The first-order valence-electron chi connectivity index (χ1n) is 8.33. The number of aryl methyl sites for hydroxylation is 1. The monoisotopic (exact) mass is 405 g/mol. The Kier molecular flexibility index (Phi) is 5.47. The van der Waals surface area contributed by atoms with Gasteiger partial charge in [-0.15, -0.1) is 0 Å². The van der Waals surface area contributed by atoms with Gasteiger partial charge in [0, 0.05) is 53.2 Å². The van der Waals surface area contributed by atoms with Crippen LogP contribution in [0.5, 0.6) is 0 Å². The molecule has 1 saturated heterocycles. The second-order valence-electron chi connectivity index (χ2n) is 6.05. The van der Waals surface area contributed by atoms with E-state index in [0.29, 0.717) is 10.5 Å². The van der Waals surface area contributed by atoms with Crippen molar-refractivity contribution < 1.29 is 4.92 Å². The van der Waals surface area contributed by atoms with Crippen LogP contribution in [0.15, 0.2) is 35.1 Å². The Morgan fingerprint density at radius 1 is 1.32 bits per heavy atom. The highest BCUT2D eigenvalue weighted by atomic mass is 79.9. The fraction of sp³-hybridized carbons (Fsp3) is 0.412. The molecule has 0 amide bonds. The predicted molar refractivity (Wildman–Crippen MR) is 101 cm³/mol. The fourth-order valence-corrected chi connectivity index (χ4v) is 3.44. The molecule has 0 saturated carbocycles. The molecule has 1 aromatic carbocycles. The largest absolute Gasteiger partial charge is 0.381 e. The summed E-state index contributed by atoms with van der Waals surface area (Å²) in [4.78, 5) is 21.3. The molecule has 0 bridgehead atoms. The van der Waals surface area contributed by atoms with Crippen LogP contribution in [-0.4, -0.2) is 34.0 Å². The van der Waals surface area contributed by atoms with E-state index in [2.05, 4.69) is 49.1 Å². The lowest BCUT2D eigenvalue weighted by Gasteiger charge is -2.33. The minimum absolute atomic E-state index is 0.0859. The van der Waals surface area contributed by atoms with Crippen molar-refractivity contribution in [2.45, 2.75) is 32.2 Å². The molecule has 0 radical (unpaired) electrons. The van der Waals surface area contributed by atoms with Gasteiger partial charge in [0.25, 0.3) is 5.69 Å². The Morgan fingerprint density at radius 3 is 2.72 bits per heavy atom. The number of halogens is 1. The first-order valence-corrected chi connectivity index (χ1v) is 9.12. The summed E-state index contributed by atoms with van der Waals surface area (Å²) in [5, 5.41) is 14.3. The standard InChI is InChI=1S/C17H20BrN5O2/c1-2-12-9-17(20-11-19-12)22-7-5-13(6-8-22)21-16-4-3-14(23(24)25)10-15(16)18/h3-4,9-11,13,21H,2,5-8H2,1H3. The normalized spacial score (nSPS) is 15.2. The van der Waals surface area contributed by atoms with Crippen LogP contribution in [0.25, 0.3) is 0 Å². The van der Waals surface area contributed by atoms with Crippen molar-refractivity contribution in [2.24, 2.45) is 0 Å². The van der Waals surface area contributed by atoms with Crippen molar-refractivity contribution in [3.63, 3.8) is 0 Å². The molecule has 3 rings (SSSR count). The third-order valence-electron chi connectivity index (χ3n) is 4.41. The Morgan fingerprint density at radius 2 is 2.08 bits per heavy atom. The zero-order valence-electron chi connectivity index (χ0n) is 14.0. The summed E-state index contributed by atoms with van der Waals surface area (Å²) in [6, 6.07) is 7.20. The molecule has 0 atom stereocenters. The summed E-state index contributed by atoms with van der Waals surface area (Å²) in [5.41, 5.74) is 2.03. The van der Waals surface area contributed by atoms with Crippen LogP contribution in [0.1, 0.15) is 25.5 Å². The topological polar surface area (TPSA) is 84.2 Å². The summed E-state index contributed by atoms with van der Waals surface area (Å²) >= 11 is 3.41. The van der Waals surface area contributed by atoms with E-state index in [9.17, 15) is 10.1 Å². The second-order valence-corrected chi connectivity index (χ2v) is 6.90. The zero-order chi connectivity index (χ0) is 17.8. The van der Waals surface area contributed by atoms with Gasteiger partial charge in [-0.1, -0.05) is 6.92 Å². The minimum atomic E-state index is -0.390. The molecule has 25 heavy (non-hydrogen) atoms. The van der Waals surface area contributed by atoms with Crippen molar-refractivity contribution in [3.8, 4) is 0 Å². The summed E-state index contributed by atoms with van der Waals surface area (Å²) in [7, 11) is 0. The second kappa shape index (κ2) is 7.77. The average molecular weight is 406 g/mol. The zero-order valence-corrected chi connectivity index (χ0v) is 15.6. The lowest BCUT2D eigenvalue weighted by molar-refractivity contribution is -0.384. The molecular formula is C17H20BrN5O2. The lowest BCUT2D eigenvalue weighted by atomic mass is 10.0. The summed E-state index contributed by atoms with van der Waals surface area (Å²) in [5.74, 6) is 0.988. The number of aromatic nitrogens is 2. The molecule has 8 heteroatoms. The number of nitrogens with zero attached hydrogens (tertiary/aromatic N) is 4. The van der Waals surface area contributed by atoms with Gasteiger partial charge in [-0.05, 0) is 41.3 Å². The van der Waals surface area contributed by atoms with Crippen LogP contribution in [0.4, 0.5) is 17.2 Å². The molecule has 1 aromatic heterocycles. The third-order valence-corrected chi connectivity index (χ3v) is 5.07. The van der Waals surface area contributed by atoms with Crippen molar-refractivity contribution in [1.82, 2.24) is 9.97 Å². The molecule has 2 heterocycles. The average Bonchev–Trinajstić information content (AvgIpc) is 2.64. The SMILES string of the molecule is CCc1cc(N2CCC(Nc3ccc([N+](=O)[O-])cc3Br)CC2)ncn1.